The number of hydrogen-bond acceptors (Lipinski definition) is 15. The van der Waals surface area contributed by atoms with E-state index in [2.05, 4.69) is 55.4 Å². The van der Waals surface area contributed by atoms with Gasteiger partial charge in [-0.1, -0.05) is 383 Å². The zero-order chi connectivity index (χ0) is 76.0. The van der Waals surface area contributed by atoms with Gasteiger partial charge in [0.25, 0.3) is 0 Å². The highest BCUT2D eigenvalue weighted by Crippen LogP contribution is 2.45. The number of hydrogen-bond donors (Lipinski definition) is 3. The molecule has 0 radical (unpaired) electrons. The molecule has 0 heterocycles. The Morgan fingerprint density at radius 2 is 0.466 bits per heavy atom. The van der Waals surface area contributed by atoms with Gasteiger partial charge in [0.05, 0.1) is 26.4 Å². The summed E-state index contributed by atoms with van der Waals surface area (Å²) in [6.45, 7) is 14.3. The first kappa shape index (κ1) is 101. The van der Waals surface area contributed by atoms with E-state index in [1.807, 2.05) is 0 Å². The number of ether oxygens (including phenoxy) is 4. The number of unbranched alkanes of at least 4 members (excludes halogenated alkanes) is 46. The van der Waals surface area contributed by atoms with Crippen LogP contribution in [0.1, 0.15) is 434 Å². The second-order valence-electron chi connectivity index (χ2n) is 31.9. The van der Waals surface area contributed by atoms with Gasteiger partial charge < -0.3 is 33.8 Å². The summed E-state index contributed by atoms with van der Waals surface area (Å²) in [6.07, 6.45) is 61.2. The monoisotopic (exact) mass is 1510 g/mol. The van der Waals surface area contributed by atoms with Crippen LogP contribution in [-0.2, 0) is 65.4 Å². The van der Waals surface area contributed by atoms with Gasteiger partial charge in [0.2, 0.25) is 0 Å². The highest BCUT2D eigenvalue weighted by atomic mass is 31.2. The molecule has 6 atom stereocenters. The van der Waals surface area contributed by atoms with Gasteiger partial charge in [-0.3, -0.25) is 37.3 Å². The van der Waals surface area contributed by atoms with Crippen molar-refractivity contribution in [2.24, 2.45) is 23.7 Å². The Balaban J connectivity index is 5.22. The summed E-state index contributed by atoms with van der Waals surface area (Å²) >= 11 is 0. The molecule has 0 aromatic heterocycles. The minimum absolute atomic E-state index is 0.106. The van der Waals surface area contributed by atoms with E-state index in [9.17, 15) is 43.2 Å². The molecule has 0 rings (SSSR count). The van der Waals surface area contributed by atoms with E-state index in [1.165, 1.54) is 231 Å². The van der Waals surface area contributed by atoms with Crippen molar-refractivity contribution in [3.05, 3.63) is 0 Å². The van der Waals surface area contributed by atoms with Crippen molar-refractivity contribution < 1.29 is 80.2 Å². The fourth-order valence-electron chi connectivity index (χ4n) is 12.9. The minimum Gasteiger partial charge on any atom is -0.462 e. The third-order valence-corrected chi connectivity index (χ3v) is 21.8. The van der Waals surface area contributed by atoms with Crippen molar-refractivity contribution in [1.82, 2.24) is 0 Å². The Morgan fingerprint density at radius 3 is 0.689 bits per heavy atom. The van der Waals surface area contributed by atoms with Gasteiger partial charge in [-0.05, 0) is 49.4 Å². The molecule has 612 valence electrons. The maximum Gasteiger partial charge on any atom is 0.472 e. The lowest BCUT2D eigenvalue weighted by Crippen LogP contribution is -2.30. The van der Waals surface area contributed by atoms with E-state index in [0.29, 0.717) is 31.6 Å². The first-order valence-corrected chi connectivity index (χ1v) is 46.2. The Hall–Kier alpha value is -1.94. The molecule has 0 spiro atoms. The molecule has 0 aromatic rings. The number of phosphoric acid groups is 2. The van der Waals surface area contributed by atoms with Crippen LogP contribution in [-0.4, -0.2) is 96.7 Å². The number of esters is 4. The van der Waals surface area contributed by atoms with Crippen LogP contribution < -0.4 is 0 Å². The smallest absolute Gasteiger partial charge is 0.462 e. The summed E-state index contributed by atoms with van der Waals surface area (Å²) in [5.41, 5.74) is 0. The maximum absolute atomic E-state index is 13.1. The number of phosphoric ester groups is 2. The van der Waals surface area contributed by atoms with E-state index >= 15 is 0 Å². The van der Waals surface area contributed by atoms with Gasteiger partial charge in [-0.2, -0.15) is 0 Å². The molecule has 19 heteroatoms. The van der Waals surface area contributed by atoms with E-state index in [4.69, 9.17) is 37.0 Å². The zero-order valence-electron chi connectivity index (χ0n) is 68.0. The maximum atomic E-state index is 13.1. The molecule has 3 N–H and O–H groups in total. The van der Waals surface area contributed by atoms with Gasteiger partial charge >= 0.3 is 39.5 Å². The molecule has 0 aliphatic carbocycles. The van der Waals surface area contributed by atoms with Crippen LogP contribution in [0.15, 0.2) is 0 Å². The van der Waals surface area contributed by atoms with Crippen LogP contribution in [0.3, 0.4) is 0 Å². The summed E-state index contributed by atoms with van der Waals surface area (Å²) in [5, 5.41) is 10.7. The molecule has 17 nitrogen and oxygen atoms in total. The molecule has 0 bridgehead atoms. The van der Waals surface area contributed by atoms with Crippen LogP contribution >= 0.6 is 15.6 Å². The largest absolute Gasteiger partial charge is 0.472 e. The summed E-state index contributed by atoms with van der Waals surface area (Å²) < 4.78 is 68.8. The fraction of sp³-hybridized carbons (Fsp3) is 0.952. The molecule has 0 aliphatic rings. The molecule has 0 fully saturated rings. The van der Waals surface area contributed by atoms with Gasteiger partial charge in [0.15, 0.2) is 12.2 Å². The van der Waals surface area contributed by atoms with Crippen molar-refractivity contribution in [3.8, 4) is 0 Å². The lowest BCUT2D eigenvalue weighted by Gasteiger charge is -2.21. The predicted octanol–water partition coefficient (Wildman–Crippen LogP) is 25.2. The lowest BCUT2D eigenvalue weighted by molar-refractivity contribution is -0.161. The predicted molar refractivity (Wildman–Crippen MR) is 423 cm³/mol. The average molecular weight is 1510 g/mol. The number of aliphatic hydroxyl groups is 1. The van der Waals surface area contributed by atoms with Crippen LogP contribution in [0.5, 0.6) is 0 Å². The summed E-state index contributed by atoms with van der Waals surface area (Å²) in [4.78, 5) is 73.1. The molecular formula is C84H164O17P2. The third kappa shape index (κ3) is 76.6. The van der Waals surface area contributed by atoms with Crippen molar-refractivity contribution in [1.29, 1.82) is 0 Å². The Labute approximate surface area is 632 Å². The highest BCUT2D eigenvalue weighted by molar-refractivity contribution is 7.47. The molecule has 103 heavy (non-hydrogen) atoms. The minimum atomic E-state index is -4.97. The topological polar surface area (TPSA) is 237 Å². The average Bonchev–Trinajstić information content (AvgIpc) is 0.907. The molecule has 0 saturated carbocycles. The quantitative estimate of drug-likeness (QED) is 0.0222. The van der Waals surface area contributed by atoms with Crippen LogP contribution in [0.4, 0.5) is 0 Å². The Bertz CT molecular complexity index is 2010. The normalized spacial score (nSPS) is 14.2. The molecule has 0 aromatic carbocycles. The lowest BCUT2D eigenvalue weighted by atomic mass is 9.99. The molecule has 0 saturated heterocycles. The van der Waals surface area contributed by atoms with Crippen LogP contribution in [0.25, 0.3) is 0 Å². The van der Waals surface area contributed by atoms with Crippen molar-refractivity contribution in [2.45, 2.75) is 453 Å². The van der Waals surface area contributed by atoms with Gasteiger partial charge in [0.1, 0.15) is 19.3 Å². The van der Waals surface area contributed by atoms with E-state index in [0.717, 1.165) is 114 Å². The molecule has 4 unspecified atom stereocenters. The summed E-state index contributed by atoms with van der Waals surface area (Å²) in [7, 11) is -9.93. The fourth-order valence-corrected chi connectivity index (χ4v) is 14.5. The van der Waals surface area contributed by atoms with E-state index < -0.39 is 97.5 Å². The van der Waals surface area contributed by atoms with Crippen LogP contribution in [0.2, 0.25) is 0 Å². The first-order chi connectivity index (χ1) is 49.6. The second kappa shape index (κ2) is 72.9. The SMILES string of the molecule is CCC(C)CCCCCCCCCCCCCCCCCCCCC(=O)O[C@H](COC(=O)CCCCCCCCCCCCCCCCC(C)C)COP(=O)(O)OCC(O)COP(=O)(O)OC[C@@H](COC(=O)CCCCCCCCCC(C)C)OC(=O)CCCCCCCCCCCCCC(C)C. The van der Waals surface area contributed by atoms with Crippen molar-refractivity contribution in [3.63, 3.8) is 0 Å². The Kier molecular flexibility index (Phi) is 71.5. The summed E-state index contributed by atoms with van der Waals surface area (Å²) in [6, 6.07) is 0. The number of carbonyl (C=O) groups is 4. The van der Waals surface area contributed by atoms with Crippen molar-refractivity contribution >= 4 is 39.5 Å². The number of aliphatic hydroxyl groups excluding tert-OH is 1. The molecule has 0 amide bonds. The van der Waals surface area contributed by atoms with E-state index in [1.54, 1.807) is 0 Å². The first-order valence-electron chi connectivity index (χ1n) is 43.2. The second-order valence-corrected chi connectivity index (χ2v) is 34.8. The standard InChI is InChI=1S/C84H164O17P2/c1-9-77(8)63-55-47-39-31-25-19-14-12-10-11-13-15-21-27-33-41-50-58-66-83(88)100-79(70-94-81(86)64-56-48-40-32-26-20-17-16-18-23-29-36-44-52-60-74(2)3)72-98-102(90,91)96-68-78(85)69-97-103(92,93)99-73-80(71-95-82(87)65-57-49-43-35-38-46-54-62-76(6)7)101-84(89)67-59-51-42-34-28-22-24-30-37-45-53-61-75(4)5/h74-80,85H,9-73H2,1-8H3,(H,90,91)(H,92,93)/t77?,78?,79-,80-/m1/s1. The zero-order valence-corrected chi connectivity index (χ0v) is 69.7. The van der Waals surface area contributed by atoms with Gasteiger partial charge in [-0.25, -0.2) is 9.13 Å². The van der Waals surface area contributed by atoms with Crippen molar-refractivity contribution in [2.75, 3.05) is 39.6 Å². The van der Waals surface area contributed by atoms with Gasteiger partial charge in [-0.15, -0.1) is 0 Å². The highest BCUT2D eigenvalue weighted by Gasteiger charge is 2.30. The third-order valence-electron chi connectivity index (χ3n) is 19.9. The number of carbonyl (C=O) groups excluding carboxylic acids is 4. The molecular weight excluding hydrogens is 1340 g/mol. The van der Waals surface area contributed by atoms with Crippen LogP contribution in [0, 0.1) is 23.7 Å². The van der Waals surface area contributed by atoms with Gasteiger partial charge in [0, 0.05) is 25.7 Å². The Morgan fingerprint density at radius 1 is 0.272 bits per heavy atom. The number of rotatable bonds is 81. The van der Waals surface area contributed by atoms with E-state index in [-0.39, 0.29) is 25.7 Å². The summed E-state index contributed by atoms with van der Waals surface area (Å²) in [5.74, 6) is 1.03. The molecule has 0 aliphatic heterocycles.